The van der Waals surface area contributed by atoms with E-state index in [1.165, 1.54) is 22.2 Å². The number of aromatic nitrogens is 2. The number of hydrogen-bond donors (Lipinski definition) is 0. The van der Waals surface area contributed by atoms with Gasteiger partial charge in [-0.15, -0.1) is 17.9 Å². The zero-order valence-electron chi connectivity index (χ0n) is 16.6. The van der Waals surface area contributed by atoms with Crippen LogP contribution in [0, 0.1) is 5.92 Å². The van der Waals surface area contributed by atoms with Crippen molar-refractivity contribution in [2.45, 2.75) is 37.9 Å². The number of benzene rings is 1. The molecule has 0 bridgehead atoms. The average Bonchev–Trinajstić information content (AvgIpc) is 3.06. The molecule has 2 aromatic heterocycles. The molecule has 1 unspecified atom stereocenters. The number of hydrogen-bond acceptors (Lipinski definition) is 5. The highest BCUT2D eigenvalue weighted by Gasteiger charge is 2.24. The summed E-state index contributed by atoms with van der Waals surface area (Å²) >= 11 is 15.3. The molecular weight excluding hydrogens is 459 g/mol. The van der Waals surface area contributed by atoms with E-state index in [4.69, 9.17) is 32.9 Å². The lowest BCUT2D eigenvalue weighted by atomic mass is 9.89. The molecule has 8 heteroatoms. The SMILES string of the molecule is C=CCn1c(SCCOc2ccc(Cl)cc2Cl)nc2sc3c(c2c1=O)CCC(C)C3. The maximum atomic E-state index is 13.3. The first-order chi connectivity index (χ1) is 14.5. The van der Waals surface area contributed by atoms with Crippen LogP contribution >= 0.6 is 46.3 Å². The van der Waals surface area contributed by atoms with Gasteiger partial charge in [-0.25, -0.2) is 4.98 Å². The van der Waals surface area contributed by atoms with Gasteiger partial charge in [0.1, 0.15) is 10.6 Å². The predicted octanol–water partition coefficient (Wildman–Crippen LogP) is 6.25. The van der Waals surface area contributed by atoms with Gasteiger partial charge in [0, 0.05) is 22.2 Å². The predicted molar refractivity (Wildman–Crippen MR) is 128 cm³/mol. The monoisotopic (exact) mass is 480 g/mol. The fraction of sp³-hybridized carbons (Fsp3) is 0.364. The fourth-order valence-corrected chi connectivity index (χ4v) is 6.39. The molecule has 0 fully saturated rings. The van der Waals surface area contributed by atoms with Gasteiger partial charge in [-0.05, 0) is 48.9 Å². The number of ether oxygens (including phenoxy) is 1. The van der Waals surface area contributed by atoms with Gasteiger partial charge in [0.25, 0.3) is 5.56 Å². The second-order valence-electron chi connectivity index (χ2n) is 7.40. The molecule has 0 aliphatic heterocycles. The van der Waals surface area contributed by atoms with Crippen LogP contribution in [0.2, 0.25) is 10.0 Å². The number of thiophene rings is 1. The summed E-state index contributed by atoms with van der Waals surface area (Å²) in [6.07, 6.45) is 4.86. The molecule has 0 saturated heterocycles. The Morgan fingerprint density at radius 3 is 3.03 bits per heavy atom. The third-order valence-corrected chi connectivity index (χ3v) is 7.78. The van der Waals surface area contributed by atoms with Crippen molar-refractivity contribution >= 4 is 56.5 Å². The summed E-state index contributed by atoms with van der Waals surface area (Å²) in [5, 5.41) is 2.55. The maximum Gasteiger partial charge on any atom is 0.263 e. The fourth-order valence-electron chi connectivity index (χ4n) is 3.68. The molecule has 2 heterocycles. The van der Waals surface area contributed by atoms with Crippen molar-refractivity contribution < 1.29 is 4.74 Å². The molecule has 4 rings (SSSR count). The third-order valence-electron chi connectivity index (χ3n) is 5.16. The molecule has 4 nitrogen and oxygen atoms in total. The largest absolute Gasteiger partial charge is 0.491 e. The molecule has 158 valence electrons. The molecule has 0 radical (unpaired) electrons. The zero-order chi connectivity index (χ0) is 21.3. The van der Waals surface area contributed by atoms with Crippen molar-refractivity contribution in [2.24, 2.45) is 5.92 Å². The smallest absolute Gasteiger partial charge is 0.263 e. The molecule has 0 saturated carbocycles. The lowest BCUT2D eigenvalue weighted by Crippen LogP contribution is -2.23. The topological polar surface area (TPSA) is 44.1 Å². The van der Waals surface area contributed by atoms with E-state index in [1.54, 1.807) is 40.2 Å². The molecule has 0 N–H and O–H groups in total. The Kier molecular flexibility index (Phi) is 6.78. The lowest BCUT2D eigenvalue weighted by Gasteiger charge is -2.17. The van der Waals surface area contributed by atoms with Crippen LogP contribution in [-0.4, -0.2) is 21.9 Å². The summed E-state index contributed by atoms with van der Waals surface area (Å²) in [5.41, 5.74) is 1.25. The van der Waals surface area contributed by atoms with E-state index in [-0.39, 0.29) is 5.56 Å². The first kappa shape index (κ1) is 21.8. The Labute approximate surface area is 193 Å². The van der Waals surface area contributed by atoms with E-state index in [1.807, 2.05) is 0 Å². The number of rotatable bonds is 7. The molecule has 1 aliphatic rings. The number of halogens is 2. The highest BCUT2D eigenvalue weighted by atomic mass is 35.5. The summed E-state index contributed by atoms with van der Waals surface area (Å²) in [5.74, 6) is 1.89. The van der Waals surface area contributed by atoms with Crippen LogP contribution in [-0.2, 0) is 19.4 Å². The Bertz CT molecular complexity index is 1160. The molecule has 3 aromatic rings. The summed E-state index contributed by atoms with van der Waals surface area (Å²) in [4.78, 5) is 20.3. The number of allylic oxidation sites excluding steroid dienone is 1. The van der Waals surface area contributed by atoms with Gasteiger partial charge in [-0.2, -0.15) is 0 Å². The average molecular weight is 481 g/mol. The summed E-state index contributed by atoms with van der Waals surface area (Å²) in [6, 6.07) is 5.15. The van der Waals surface area contributed by atoms with Gasteiger partial charge in [-0.1, -0.05) is 48.0 Å². The second-order valence-corrected chi connectivity index (χ2v) is 10.4. The summed E-state index contributed by atoms with van der Waals surface area (Å²) in [7, 11) is 0. The normalized spacial score (nSPS) is 15.9. The van der Waals surface area contributed by atoms with Crippen molar-refractivity contribution in [1.82, 2.24) is 9.55 Å². The van der Waals surface area contributed by atoms with Crippen LogP contribution < -0.4 is 10.3 Å². The van der Waals surface area contributed by atoms with Crippen LogP contribution in [0.15, 0.2) is 40.8 Å². The number of nitrogens with zero attached hydrogens (tertiary/aromatic N) is 2. The van der Waals surface area contributed by atoms with Crippen LogP contribution in [0.3, 0.4) is 0 Å². The van der Waals surface area contributed by atoms with Crippen molar-refractivity contribution in [3.63, 3.8) is 0 Å². The van der Waals surface area contributed by atoms with E-state index in [0.29, 0.717) is 45.8 Å². The van der Waals surface area contributed by atoms with Crippen molar-refractivity contribution in [1.29, 1.82) is 0 Å². The third kappa shape index (κ3) is 4.42. The van der Waals surface area contributed by atoms with Gasteiger partial charge in [-0.3, -0.25) is 9.36 Å². The lowest BCUT2D eigenvalue weighted by molar-refractivity contribution is 0.344. The second kappa shape index (κ2) is 9.35. The van der Waals surface area contributed by atoms with E-state index < -0.39 is 0 Å². The number of thioether (sulfide) groups is 1. The zero-order valence-corrected chi connectivity index (χ0v) is 19.8. The highest BCUT2D eigenvalue weighted by molar-refractivity contribution is 7.99. The molecular formula is C22H22Cl2N2O2S2. The van der Waals surface area contributed by atoms with Crippen molar-refractivity contribution in [3.05, 3.63) is 61.7 Å². The Hall–Kier alpha value is -1.47. The molecule has 1 aromatic carbocycles. The van der Waals surface area contributed by atoms with Gasteiger partial charge in [0.05, 0.1) is 17.0 Å². The molecule has 1 atom stereocenters. The van der Waals surface area contributed by atoms with E-state index in [0.717, 1.165) is 29.5 Å². The van der Waals surface area contributed by atoms with Crippen molar-refractivity contribution in [3.8, 4) is 5.75 Å². The van der Waals surface area contributed by atoms with E-state index in [9.17, 15) is 4.79 Å². The molecule has 0 amide bonds. The first-order valence-electron chi connectivity index (χ1n) is 9.84. The van der Waals surface area contributed by atoms with E-state index >= 15 is 0 Å². The summed E-state index contributed by atoms with van der Waals surface area (Å²) < 4.78 is 7.49. The van der Waals surface area contributed by atoms with E-state index in [2.05, 4.69) is 13.5 Å². The van der Waals surface area contributed by atoms with Gasteiger partial charge >= 0.3 is 0 Å². The number of aryl methyl sites for hydroxylation is 1. The number of fused-ring (bicyclic) bond motifs is 3. The minimum Gasteiger partial charge on any atom is -0.491 e. The molecule has 0 spiro atoms. The van der Waals surface area contributed by atoms with Crippen LogP contribution in [0.4, 0.5) is 0 Å². The van der Waals surface area contributed by atoms with Gasteiger partial charge in [0.15, 0.2) is 5.16 Å². The maximum absolute atomic E-state index is 13.3. The first-order valence-corrected chi connectivity index (χ1v) is 12.4. The minimum atomic E-state index is 0.0381. The molecule has 1 aliphatic carbocycles. The van der Waals surface area contributed by atoms with Gasteiger partial charge < -0.3 is 4.74 Å². The Balaban J connectivity index is 1.56. The minimum absolute atomic E-state index is 0.0381. The van der Waals surface area contributed by atoms with Crippen molar-refractivity contribution in [2.75, 3.05) is 12.4 Å². The van der Waals surface area contributed by atoms with Crippen LogP contribution in [0.25, 0.3) is 10.2 Å². The van der Waals surface area contributed by atoms with Crippen LogP contribution in [0.1, 0.15) is 23.8 Å². The van der Waals surface area contributed by atoms with Crippen LogP contribution in [0.5, 0.6) is 5.75 Å². The van der Waals surface area contributed by atoms with Gasteiger partial charge in [0.2, 0.25) is 0 Å². The Morgan fingerprint density at radius 2 is 2.27 bits per heavy atom. The Morgan fingerprint density at radius 1 is 1.43 bits per heavy atom. The summed E-state index contributed by atoms with van der Waals surface area (Å²) in [6.45, 7) is 6.96. The molecule has 30 heavy (non-hydrogen) atoms. The highest BCUT2D eigenvalue weighted by Crippen LogP contribution is 2.36. The standard InChI is InChI=1S/C22H22Cl2N2O2S2/c1-3-8-26-21(27)19-15-6-4-13(2)11-18(15)30-20(19)25-22(26)29-10-9-28-17-7-5-14(23)12-16(17)24/h3,5,7,12-13H,1,4,6,8-11H2,2H3. The quantitative estimate of drug-likeness (QED) is 0.173.